The van der Waals surface area contributed by atoms with Gasteiger partial charge in [0.1, 0.15) is 0 Å². The number of benzene rings is 1. The Balaban J connectivity index is 1.80. The molecule has 1 fully saturated rings. The van der Waals surface area contributed by atoms with Crippen LogP contribution in [0.3, 0.4) is 0 Å². The number of amides is 1. The predicted octanol–water partition coefficient (Wildman–Crippen LogP) is 3.60. The molecule has 1 aliphatic rings. The van der Waals surface area contributed by atoms with Crippen LogP contribution in [0.2, 0.25) is 0 Å². The van der Waals surface area contributed by atoms with Crippen molar-refractivity contribution in [3.8, 4) is 0 Å². The first-order chi connectivity index (χ1) is 8.75. The van der Waals surface area contributed by atoms with Crippen LogP contribution in [0.25, 0.3) is 6.08 Å². The molecule has 0 radical (unpaired) electrons. The van der Waals surface area contributed by atoms with Gasteiger partial charge in [0, 0.05) is 12.1 Å². The van der Waals surface area contributed by atoms with Gasteiger partial charge in [-0.05, 0) is 43.2 Å². The van der Waals surface area contributed by atoms with E-state index < -0.39 is 0 Å². The minimum Gasteiger partial charge on any atom is -0.332 e. The lowest BCUT2D eigenvalue weighted by molar-refractivity contribution is -0.125. The zero-order valence-corrected chi connectivity index (χ0v) is 10.9. The highest BCUT2D eigenvalue weighted by atomic mass is 16.1. The smallest absolute Gasteiger partial charge is 0.227 e. The fraction of sp³-hybridized carbons (Fsp3) is 0.438. The van der Waals surface area contributed by atoms with Crippen molar-refractivity contribution in [2.24, 2.45) is 11.8 Å². The molecule has 2 rings (SSSR count). The third-order valence-corrected chi connectivity index (χ3v) is 3.69. The highest BCUT2D eigenvalue weighted by molar-refractivity contribution is 5.80. The van der Waals surface area contributed by atoms with Crippen molar-refractivity contribution in [3.05, 3.63) is 42.1 Å². The van der Waals surface area contributed by atoms with Crippen molar-refractivity contribution in [1.82, 2.24) is 5.32 Å². The second-order valence-electron chi connectivity index (χ2n) is 5.21. The van der Waals surface area contributed by atoms with Crippen molar-refractivity contribution in [1.29, 1.82) is 0 Å². The third kappa shape index (κ3) is 3.73. The summed E-state index contributed by atoms with van der Waals surface area (Å²) in [5, 5.41) is 2.90. The average molecular weight is 243 g/mol. The summed E-state index contributed by atoms with van der Waals surface area (Å²) in [5.74, 6) is 1.17. The summed E-state index contributed by atoms with van der Waals surface area (Å²) in [5.41, 5.74) is 1.11. The van der Waals surface area contributed by atoms with E-state index in [4.69, 9.17) is 0 Å². The number of nitrogens with one attached hydrogen (secondary N) is 1. The number of carbonyl (C=O) groups excluding carboxylic acids is 1. The summed E-state index contributed by atoms with van der Waals surface area (Å²) in [6.07, 6.45) is 8.12. The standard InChI is InChI=1S/C16H21NO/c1-13-7-9-15(10-8-13)16(18)17-12-11-14-5-3-2-4-6-14/h2-6,11-13,15H,7-10H2,1H3,(H,17,18). The molecule has 0 unspecified atom stereocenters. The van der Waals surface area contributed by atoms with E-state index in [0.717, 1.165) is 24.3 Å². The van der Waals surface area contributed by atoms with Crippen molar-refractivity contribution >= 4 is 12.0 Å². The van der Waals surface area contributed by atoms with Gasteiger partial charge < -0.3 is 5.32 Å². The summed E-state index contributed by atoms with van der Waals surface area (Å²) in [6, 6.07) is 10.0. The molecule has 1 amide bonds. The van der Waals surface area contributed by atoms with Crippen LogP contribution >= 0.6 is 0 Å². The molecule has 1 N–H and O–H groups in total. The van der Waals surface area contributed by atoms with Crippen molar-refractivity contribution in [2.45, 2.75) is 32.6 Å². The molecule has 1 aromatic rings. The lowest BCUT2D eigenvalue weighted by atomic mass is 9.82. The number of rotatable bonds is 3. The van der Waals surface area contributed by atoms with Gasteiger partial charge in [0.15, 0.2) is 0 Å². The molecule has 0 heterocycles. The van der Waals surface area contributed by atoms with Gasteiger partial charge >= 0.3 is 0 Å². The maximum absolute atomic E-state index is 11.9. The quantitative estimate of drug-likeness (QED) is 0.863. The maximum atomic E-state index is 11.9. The second-order valence-corrected chi connectivity index (χ2v) is 5.21. The minimum absolute atomic E-state index is 0.175. The largest absolute Gasteiger partial charge is 0.332 e. The van der Waals surface area contributed by atoms with Gasteiger partial charge in [-0.15, -0.1) is 0 Å². The molecular formula is C16H21NO. The SMILES string of the molecule is CC1CCC(C(=O)NC=Cc2ccccc2)CC1. The molecule has 1 saturated carbocycles. The zero-order valence-electron chi connectivity index (χ0n) is 10.9. The molecule has 18 heavy (non-hydrogen) atoms. The molecule has 1 aliphatic carbocycles. The third-order valence-electron chi connectivity index (χ3n) is 3.69. The Morgan fingerprint density at radius 2 is 1.83 bits per heavy atom. The minimum atomic E-state index is 0.175. The van der Waals surface area contributed by atoms with Crippen LogP contribution in [0.1, 0.15) is 38.2 Å². The number of hydrogen-bond donors (Lipinski definition) is 1. The Morgan fingerprint density at radius 1 is 1.17 bits per heavy atom. The average Bonchev–Trinajstić information content (AvgIpc) is 2.40. The molecule has 0 bridgehead atoms. The molecule has 0 spiro atoms. The van der Waals surface area contributed by atoms with Crippen LogP contribution in [0, 0.1) is 11.8 Å². The first-order valence-electron chi connectivity index (χ1n) is 6.77. The van der Waals surface area contributed by atoms with E-state index >= 15 is 0 Å². The fourth-order valence-corrected chi connectivity index (χ4v) is 2.42. The van der Waals surface area contributed by atoms with Gasteiger partial charge in [-0.3, -0.25) is 4.79 Å². The summed E-state index contributed by atoms with van der Waals surface area (Å²) < 4.78 is 0. The Hall–Kier alpha value is -1.57. The van der Waals surface area contributed by atoms with Gasteiger partial charge in [0.05, 0.1) is 0 Å². The topological polar surface area (TPSA) is 29.1 Å². The highest BCUT2D eigenvalue weighted by Gasteiger charge is 2.23. The Labute approximate surface area is 109 Å². The van der Waals surface area contributed by atoms with E-state index in [2.05, 4.69) is 12.2 Å². The number of hydrogen-bond acceptors (Lipinski definition) is 1. The molecular weight excluding hydrogens is 222 g/mol. The van der Waals surface area contributed by atoms with Gasteiger partial charge in [-0.2, -0.15) is 0 Å². The summed E-state index contributed by atoms with van der Waals surface area (Å²) in [4.78, 5) is 11.9. The molecule has 96 valence electrons. The molecule has 0 atom stereocenters. The van der Waals surface area contributed by atoms with Crippen LogP contribution < -0.4 is 5.32 Å². The Morgan fingerprint density at radius 3 is 2.50 bits per heavy atom. The molecule has 0 aromatic heterocycles. The lowest BCUT2D eigenvalue weighted by Gasteiger charge is -2.24. The molecule has 0 saturated heterocycles. The number of carbonyl (C=O) groups is 1. The van der Waals surface area contributed by atoms with E-state index in [1.807, 2.05) is 36.4 Å². The first kappa shape index (κ1) is 12.9. The van der Waals surface area contributed by atoms with Crippen LogP contribution in [0.4, 0.5) is 0 Å². The molecule has 0 aliphatic heterocycles. The Kier molecular flexibility index (Phi) is 4.57. The second kappa shape index (κ2) is 6.39. The van der Waals surface area contributed by atoms with Gasteiger partial charge in [-0.1, -0.05) is 37.3 Å². The lowest BCUT2D eigenvalue weighted by Crippen LogP contribution is -2.29. The maximum Gasteiger partial charge on any atom is 0.227 e. The van der Waals surface area contributed by atoms with E-state index in [1.165, 1.54) is 12.8 Å². The Bertz CT molecular complexity index is 402. The summed E-state index contributed by atoms with van der Waals surface area (Å²) in [7, 11) is 0. The van der Waals surface area contributed by atoms with E-state index in [0.29, 0.717) is 0 Å². The van der Waals surface area contributed by atoms with Crippen LogP contribution in [0.5, 0.6) is 0 Å². The molecule has 1 aromatic carbocycles. The monoisotopic (exact) mass is 243 g/mol. The van der Waals surface area contributed by atoms with Crippen LogP contribution in [-0.4, -0.2) is 5.91 Å². The van der Waals surface area contributed by atoms with Gasteiger partial charge in [0.2, 0.25) is 5.91 Å². The van der Waals surface area contributed by atoms with Gasteiger partial charge in [0.25, 0.3) is 0 Å². The molecule has 2 nitrogen and oxygen atoms in total. The van der Waals surface area contributed by atoms with E-state index in [9.17, 15) is 4.79 Å². The highest BCUT2D eigenvalue weighted by Crippen LogP contribution is 2.28. The normalized spacial score (nSPS) is 24.1. The predicted molar refractivity (Wildman–Crippen MR) is 74.7 cm³/mol. The fourth-order valence-electron chi connectivity index (χ4n) is 2.42. The van der Waals surface area contributed by atoms with Crippen molar-refractivity contribution in [3.63, 3.8) is 0 Å². The first-order valence-corrected chi connectivity index (χ1v) is 6.77. The summed E-state index contributed by atoms with van der Waals surface area (Å²) >= 11 is 0. The zero-order chi connectivity index (χ0) is 12.8. The van der Waals surface area contributed by atoms with Crippen LogP contribution in [0.15, 0.2) is 36.5 Å². The van der Waals surface area contributed by atoms with Gasteiger partial charge in [-0.25, -0.2) is 0 Å². The van der Waals surface area contributed by atoms with E-state index in [1.54, 1.807) is 6.20 Å². The van der Waals surface area contributed by atoms with E-state index in [-0.39, 0.29) is 11.8 Å². The summed E-state index contributed by atoms with van der Waals surface area (Å²) in [6.45, 7) is 2.27. The molecule has 2 heteroatoms. The van der Waals surface area contributed by atoms with Crippen molar-refractivity contribution < 1.29 is 4.79 Å². The van der Waals surface area contributed by atoms with Crippen molar-refractivity contribution in [2.75, 3.05) is 0 Å². The van der Waals surface area contributed by atoms with Crippen LogP contribution in [-0.2, 0) is 4.79 Å².